The minimum atomic E-state index is 0.466. The third-order valence-corrected chi connectivity index (χ3v) is 6.26. The van der Waals surface area contributed by atoms with Crippen molar-refractivity contribution in [2.75, 3.05) is 13.7 Å². The SMILES string of the molecule is CCOc1ccccc1CN(Cc1ccc(OC)cc1)C(=S)NC1CCCCCCC1. The van der Waals surface area contributed by atoms with Crippen molar-refractivity contribution in [3.05, 3.63) is 59.7 Å². The molecule has 1 saturated carbocycles. The first kappa shape index (κ1) is 23.4. The van der Waals surface area contributed by atoms with Gasteiger partial charge in [-0.05, 0) is 55.7 Å². The van der Waals surface area contributed by atoms with Gasteiger partial charge < -0.3 is 19.7 Å². The Labute approximate surface area is 192 Å². The van der Waals surface area contributed by atoms with E-state index in [1.165, 1.54) is 50.5 Å². The molecule has 168 valence electrons. The van der Waals surface area contributed by atoms with Crippen molar-refractivity contribution in [3.8, 4) is 11.5 Å². The first-order valence-corrected chi connectivity index (χ1v) is 12.0. The summed E-state index contributed by atoms with van der Waals surface area (Å²) in [4.78, 5) is 2.26. The highest BCUT2D eigenvalue weighted by Gasteiger charge is 2.18. The summed E-state index contributed by atoms with van der Waals surface area (Å²) < 4.78 is 11.2. The Balaban J connectivity index is 1.76. The van der Waals surface area contributed by atoms with E-state index in [4.69, 9.17) is 21.7 Å². The Morgan fingerprint density at radius 1 is 0.968 bits per heavy atom. The molecule has 0 amide bonds. The second-order valence-electron chi connectivity index (χ2n) is 8.24. The summed E-state index contributed by atoms with van der Waals surface area (Å²) in [6, 6.07) is 17.0. The first-order valence-electron chi connectivity index (χ1n) is 11.6. The summed E-state index contributed by atoms with van der Waals surface area (Å²) in [5, 5.41) is 4.52. The fourth-order valence-electron chi connectivity index (χ4n) is 4.15. The molecular weight excluding hydrogens is 404 g/mol. The van der Waals surface area contributed by atoms with Crippen LogP contribution >= 0.6 is 12.2 Å². The van der Waals surface area contributed by atoms with Crippen molar-refractivity contribution in [1.82, 2.24) is 10.2 Å². The Morgan fingerprint density at radius 3 is 2.32 bits per heavy atom. The highest BCUT2D eigenvalue weighted by Crippen LogP contribution is 2.23. The highest BCUT2D eigenvalue weighted by atomic mass is 32.1. The van der Waals surface area contributed by atoms with Crippen molar-refractivity contribution in [1.29, 1.82) is 0 Å². The lowest BCUT2D eigenvalue weighted by atomic mass is 9.97. The molecule has 1 aliphatic carbocycles. The number of thiocarbonyl (C=S) groups is 1. The molecule has 0 aromatic heterocycles. The molecule has 3 rings (SSSR count). The molecule has 31 heavy (non-hydrogen) atoms. The monoisotopic (exact) mass is 440 g/mol. The van der Waals surface area contributed by atoms with Crippen LogP contribution in [-0.4, -0.2) is 29.8 Å². The predicted octanol–water partition coefficient (Wildman–Crippen LogP) is 6.08. The van der Waals surface area contributed by atoms with Gasteiger partial charge in [-0.3, -0.25) is 0 Å². The minimum absolute atomic E-state index is 0.466. The molecule has 4 nitrogen and oxygen atoms in total. The summed E-state index contributed by atoms with van der Waals surface area (Å²) in [7, 11) is 1.69. The molecule has 1 N–H and O–H groups in total. The van der Waals surface area contributed by atoms with Crippen LogP contribution in [-0.2, 0) is 13.1 Å². The molecule has 0 aliphatic heterocycles. The van der Waals surface area contributed by atoms with Crippen LogP contribution in [0.2, 0.25) is 0 Å². The number of nitrogens with one attached hydrogen (secondary N) is 1. The van der Waals surface area contributed by atoms with Crippen LogP contribution in [0, 0.1) is 0 Å². The molecule has 5 heteroatoms. The Hall–Kier alpha value is -2.27. The number of hydrogen-bond donors (Lipinski definition) is 1. The molecule has 2 aromatic carbocycles. The van der Waals surface area contributed by atoms with E-state index in [2.05, 4.69) is 34.5 Å². The molecular formula is C26H36N2O2S. The number of nitrogens with zero attached hydrogens (tertiary/aromatic N) is 1. The Kier molecular flexibility index (Phi) is 9.47. The number of ether oxygens (including phenoxy) is 2. The smallest absolute Gasteiger partial charge is 0.169 e. The number of benzene rings is 2. The van der Waals surface area contributed by atoms with E-state index in [9.17, 15) is 0 Å². The van der Waals surface area contributed by atoms with E-state index < -0.39 is 0 Å². The molecule has 2 aromatic rings. The van der Waals surface area contributed by atoms with E-state index in [0.717, 1.165) is 28.7 Å². The molecule has 0 heterocycles. The zero-order valence-electron chi connectivity index (χ0n) is 18.9. The lowest BCUT2D eigenvalue weighted by Gasteiger charge is -2.31. The number of rotatable bonds is 8. The highest BCUT2D eigenvalue weighted by molar-refractivity contribution is 7.80. The first-order chi connectivity index (χ1) is 15.2. The average Bonchev–Trinajstić information content (AvgIpc) is 2.77. The fourth-order valence-corrected chi connectivity index (χ4v) is 4.45. The van der Waals surface area contributed by atoms with Gasteiger partial charge in [-0.25, -0.2) is 0 Å². The van der Waals surface area contributed by atoms with Crippen molar-refractivity contribution >= 4 is 17.3 Å². The van der Waals surface area contributed by atoms with Gasteiger partial charge in [-0.1, -0.05) is 62.4 Å². The van der Waals surface area contributed by atoms with Gasteiger partial charge in [0, 0.05) is 24.7 Å². The lowest BCUT2D eigenvalue weighted by Crippen LogP contribution is -2.44. The maximum absolute atomic E-state index is 5.94. The summed E-state index contributed by atoms with van der Waals surface area (Å²) in [5.41, 5.74) is 2.36. The molecule has 1 aliphatic rings. The zero-order valence-corrected chi connectivity index (χ0v) is 19.8. The summed E-state index contributed by atoms with van der Waals surface area (Å²) >= 11 is 5.94. The summed E-state index contributed by atoms with van der Waals surface area (Å²) in [6.45, 7) is 4.12. The van der Waals surface area contributed by atoms with Gasteiger partial charge in [0.2, 0.25) is 0 Å². The maximum Gasteiger partial charge on any atom is 0.169 e. The minimum Gasteiger partial charge on any atom is -0.497 e. The molecule has 0 atom stereocenters. The van der Waals surface area contributed by atoms with Crippen LogP contribution in [0.1, 0.15) is 63.0 Å². The quantitative estimate of drug-likeness (QED) is 0.503. The van der Waals surface area contributed by atoms with Crippen LogP contribution in [0.3, 0.4) is 0 Å². The number of methoxy groups -OCH3 is 1. The largest absolute Gasteiger partial charge is 0.497 e. The van der Waals surface area contributed by atoms with E-state index in [1.54, 1.807) is 7.11 Å². The molecule has 0 bridgehead atoms. The molecule has 1 fully saturated rings. The third kappa shape index (κ3) is 7.42. The summed E-state index contributed by atoms with van der Waals surface area (Å²) in [5.74, 6) is 1.80. The number of hydrogen-bond acceptors (Lipinski definition) is 3. The van der Waals surface area contributed by atoms with Crippen LogP contribution in [0.5, 0.6) is 11.5 Å². The van der Waals surface area contributed by atoms with Gasteiger partial charge in [-0.15, -0.1) is 0 Å². The molecule has 0 radical (unpaired) electrons. The normalized spacial score (nSPS) is 14.9. The summed E-state index contributed by atoms with van der Waals surface area (Å²) in [6.07, 6.45) is 9.01. The topological polar surface area (TPSA) is 33.7 Å². The van der Waals surface area contributed by atoms with Crippen LogP contribution in [0.15, 0.2) is 48.5 Å². The Bertz CT molecular complexity index is 801. The van der Waals surface area contributed by atoms with Gasteiger partial charge in [0.1, 0.15) is 11.5 Å². The van der Waals surface area contributed by atoms with Gasteiger partial charge in [0.15, 0.2) is 5.11 Å². The van der Waals surface area contributed by atoms with Gasteiger partial charge >= 0.3 is 0 Å². The second kappa shape index (κ2) is 12.6. The van der Waals surface area contributed by atoms with Crippen LogP contribution in [0.4, 0.5) is 0 Å². The standard InChI is InChI=1S/C26H36N2O2S/c1-3-30-25-14-10-9-11-22(25)20-28(19-21-15-17-24(29-2)18-16-21)26(31)27-23-12-7-5-4-6-8-13-23/h9-11,14-18,23H,3-8,12-13,19-20H2,1-2H3,(H,27,31). The van der Waals surface area contributed by atoms with Crippen molar-refractivity contribution in [3.63, 3.8) is 0 Å². The van der Waals surface area contributed by atoms with E-state index >= 15 is 0 Å². The molecule has 0 saturated heterocycles. The average molecular weight is 441 g/mol. The molecule has 0 unspecified atom stereocenters. The van der Waals surface area contributed by atoms with E-state index in [1.807, 2.05) is 31.2 Å². The van der Waals surface area contributed by atoms with Gasteiger partial charge in [0.05, 0.1) is 13.7 Å². The van der Waals surface area contributed by atoms with Crippen LogP contribution < -0.4 is 14.8 Å². The fraction of sp³-hybridized carbons (Fsp3) is 0.500. The van der Waals surface area contributed by atoms with Crippen molar-refractivity contribution in [2.24, 2.45) is 0 Å². The van der Waals surface area contributed by atoms with Crippen molar-refractivity contribution in [2.45, 2.75) is 71.0 Å². The lowest BCUT2D eigenvalue weighted by molar-refractivity contribution is 0.323. The third-order valence-electron chi connectivity index (χ3n) is 5.89. The second-order valence-corrected chi connectivity index (χ2v) is 8.62. The van der Waals surface area contributed by atoms with E-state index in [-0.39, 0.29) is 0 Å². The van der Waals surface area contributed by atoms with E-state index in [0.29, 0.717) is 19.2 Å². The maximum atomic E-state index is 5.94. The van der Waals surface area contributed by atoms with Crippen LogP contribution in [0.25, 0.3) is 0 Å². The zero-order chi connectivity index (χ0) is 21.9. The molecule has 0 spiro atoms. The van der Waals surface area contributed by atoms with Crippen molar-refractivity contribution < 1.29 is 9.47 Å². The Morgan fingerprint density at radius 2 is 1.65 bits per heavy atom. The number of para-hydroxylation sites is 1. The van der Waals surface area contributed by atoms with Gasteiger partial charge in [0.25, 0.3) is 0 Å². The van der Waals surface area contributed by atoms with Gasteiger partial charge in [-0.2, -0.15) is 0 Å². The predicted molar refractivity (Wildman–Crippen MR) is 132 cm³/mol.